The highest BCUT2D eigenvalue weighted by atomic mass is 16.3. The van der Waals surface area contributed by atoms with Crippen molar-refractivity contribution in [1.29, 1.82) is 0 Å². The molecule has 1 aromatic rings. The highest BCUT2D eigenvalue weighted by Crippen LogP contribution is 2.29. The first-order valence-corrected chi connectivity index (χ1v) is 5.55. The fourth-order valence-corrected chi connectivity index (χ4v) is 1.83. The van der Waals surface area contributed by atoms with Gasteiger partial charge in [-0.3, -0.25) is 4.68 Å². The molecule has 1 rings (SSSR count). The van der Waals surface area contributed by atoms with Crippen LogP contribution in [0.15, 0.2) is 12.7 Å². The summed E-state index contributed by atoms with van der Waals surface area (Å²) in [4.78, 5) is 3.89. The predicted octanol–water partition coefficient (Wildman–Crippen LogP) is 1.71. The Morgan fingerprint density at radius 2 is 2.07 bits per heavy atom. The number of nitrogens with zero attached hydrogens (tertiary/aromatic N) is 3. The fraction of sp³-hybridized carbons (Fsp3) is 0.818. The third-order valence-electron chi connectivity index (χ3n) is 3.35. The molecule has 86 valence electrons. The van der Waals surface area contributed by atoms with Crippen LogP contribution in [0, 0.1) is 11.8 Å². The number of hydrogen-bond acceptors (Lipinski definition) is 3. The molecule has 2 unspecified atom stereocenters. The van der Waals surface area contributed by atoms with Crippen molar-refractivity contribution >= 4 is 0 Å². The normalized spacial score (nSPS) is 17.7. The summed E-state index contributed by atoms with van der Waals surface area (Å²) in [6.45, 7) is 8.78. The van der Waals surface area contributed by atoms with Gasteiger partial charge in [0.1, 0.15) is 12.7 Å². The zero-order valence-electron chi connectivity index (χ0n) is 10.0. The van der Waals surface area contributed by atoms with E-state index in [9.17, 15) is 5.11 Å². The molecular weight excluding hydrogens is 190 g/mol. The van der Waals surface area contributed by atoms with E-state index in [2.05, 4.69) is 23.9 Å². The summed E-state index contributed by atoms with van der Waals surface area (Å²) in [7, 11) is 0. The smallest absolute Gasteiger partial charge is 0.137 e. The van der Waals surface area contributed by atoms with Crippen LogP contribution >= 0.6 is 0 Å². The highest BCUT2D eigenvalue weighted by Gasteiger charge is 2.36. The third kappa shape index (κ3) is 2.56. The zero-order valence-corrected chi connectivity index (χ0v) is 10.0. The second-order valence-corrected chi connectivity index (χ2v) is 4.55. The van der Waals surface area contributed by atoms with Gasteiger partial charge in [0.15, 0.2) is 0 Å². The van der Waals surface area contributed by atoms with Crippen LogP contribution in [0.1, 0.15) is 34.1 Å². The SMILES string of the molecule is CCC(C)C(O)(Cn1cncn1)C(C)C. The molecule has 0 saturated heterocycles. The quantitative estimate of drug-likeness (QED) is 0.806. The van der Waals surface area contributed by atoms with Crippen molar-refractivity contribution in [2.24, 2.45) is 11.8 Å². The molecule has 0 bridgehead atoms. The van der Waals surface area contributed by atoms with Crippen molar-refractivity contribution in [1.82, 2.24) is 14.8 Å². The second kappa shape index (κ2) is 4.75. The van der Waals surface area contributed by atoms with Gasteiger partial charge >= 0.3 is 0 Å². The fourth-order valence-electron chi connectivity index (χ4n) is 1.83. The summed E-state index contributed by atoms with van der Waals surface area (Å²) >= 11 is 0. The Kier molecular flexibility index (Phi) is 3.85. The van der Waals surface area contributed by atoms with Gasteiger partial charge in [0.25, 0.3) is 0 Å². The molecule has 1 aromatic heterocycles. The minimum absolute atomic E-state index is 0.205. The van der Waals surface area contributed by atoms with Crippen LogP contribution in [0.2, 0.25) is 0 Å². The summed E-state index contributed by atoms with van der Waals surface area (Å²) in [5.41, 5.74) is -0.706. The molecule has 0 aliphatic rings. The van der Waals surface area contributed by atoms with E-state index in [4.69, 9.17) is 0 Å². The molecule has 15 heavy (non-hydrogen) atoms. The molecular formula is C11H21N3O. The minimum atomic E-state index is -0.706. The molecule has 0 aliphatic heterocycles. The van der Waals surface area contributed by atoms with Crippen LogP contribution in [-0.4, -0.2) is 25.5 Å². The Balaban J connectivity index is 2.82. The van der Waals surface area contributed by atoms with Crippen molar-refractivity contribution in [3.63, 3.8) is 0 Å². The van der Waals surface area contributed by atoms with E-state index in [0.29, 0.717) is 6.54 Å². The van der Waals surface area contributed by atoms with Crippen LogP contribution in [0.5, 0.6) is 0 Å². The maximum atomic E-state index is 10.6. The number of aliphatic hydroxyl groups is 1. The molecule has 4 nitrogen and oxygen atoms in total. The summed E-state index contributed by atoms with van der Waals surface area (Å²) in [6.07, 6.45) is 4.11. The number of hydrogen-bond donors (Lipinski definition) is 1. The first-order valence-electron chi connectivity index (χ1n) is 5.55. The van der Waals surface area contributed by atoms with Gasteiger partial charge in [0.05, 0.1) is 12.1 Å². The molecule has 0 amide bonds. The molecule has 2 atom stereocenters. The Morgan fingerprint density at radius 1 is 1.40 bits per heavy atom. The van der Waals surface area contributed by atoms with Gasteiger partial charge in [0.2, 0.25) is 0 Å². The van der Waals surface area contributed by atoms with Gasteiger partial charge in [-0.25, -0.2) is 4.98 Å². The highest BCUT2D eigenvalue weighted by molar-refractivity contribution is 4.86. The topological polar surface area (TPSA) is 50.9 Å². The standard InChI is InChI=1S/C11H21N3O/c1-5-10(4)11(15,9(2)3)6-14-8-12-7-13-14/h7-10,15H,5-6H2,1-4H3. The first-order chi connectivity index (χ1) is 7.00. The largest absolute Gasteiger partial charge is 0.387 e. The zero-order chi connectivity index (χ0) is 11.5. The molecule has 0 fully saturated rings. The minimum Gasteiger partial charge on any atom is -0.387 e. The maximum Gasteiger partial charge on any atom is 0.137 e. The Morgan fingerprint density at radius 3 is 2.47 bits per heavy atom. The first kappa shape index (κ1) is 12.2. The molecule has 1 heterocycles. The van der Waals surface area contributed by atoms with E-state index in [1.807, 2.05) is 13.8 Å². The van der Waals surface area contributed by atoms with Crippen LogP contribution in [0.25, 0.3) is 0 Å². The molecule has 4 heteroatoms. The van der Waals surface area contributed by atoms with Crippen LogP contribution in [-0.2, 0) is 6.54 Å². The lowest BCUT2D eigenvalue weighted by Gasteiger charge is -2.37. The van der Waals surface area contributed by atoms with E-state index >= 15 is 0 Å². The molecule has 0 aliphatic carbocycles. The van der Waals surface area contributed by atoms with Crippen molar-refractivity contribution in [2.45, 2.75) is 46.3 Å². The lowest BCUT2D eigenvalue weighted by atomic mass is 9.78. The molecule has 0 saturated carbocycles. The molecule has 0 spiro atoms. The van der Waals surface area contributed by atoms with Crippen LogP contribution < -0.4 is 0 Å². The van der Waals surface area contributed by atoms with E-state index in [1.54, 1.807) is 11.0 Å². The van der Waals surface area contributed by atoms with E-state index in [-0.39, 0.29) is 11.8 Å². The van der Waals surface area contributed by atoms with Crippen molar-refractivity contribution < 1.29 is 5.11 Å². The van der Waals surface area contributed by atoms with Crippen LogP contribution in [0.4, 0.5) is 0 Å². The lowest BCUT2D eigenvalue weighted by molar-refractivity contribution is -0.0700. The van der Waals surface area contributed by atoms with Crippen molar-refractivity contribution in [2.75, 3.05) is 0 Å². The van der Waals surface area contributed by atoms with Crippen LogP contribution in [0.3, 0.4) is 0 Å². The number of rotatable bonds is 5. The summed E-state index contributed by atoms with van der Waals surface area (Å²) in [5, 5.41) is 14.7. The van der Waals surface area contributed by atoms with Gasteiger partial charge in [-0.15, -0.1) is 0 Å². The van der Waals surface area contributed by atoms with Gasteiger partial charge < -0.3 is 5.11 Å². The monoisotopic (exact) mass is 211 g/mol. The maximum absolute atomic E-state index is 10.6. The summed E-state index contributed by atoms with van der Waals surface area (Å²) < 4.78 is 1.70. The average molecular weight is 211 g/mol. The Bertz CT molecular complexity index is 284. The Hall–Kier alpha value is -0.900. The summed E-state index contributed by atoms with van der Waals surface area (Å²) in [5.74, 6) is 0.457. The molecule has 0 radical (unpaired) electrons. The summed E-state index contributed by atoms with van der Waals surface area (Å²) in [6, 6.07) is 0. The van der Waals surface area contributed by atoms with Gasteiger partial charge in [0, 0.05) is 0 Å². The van der Waals surface area contributed by atoms with E-state index < -0.39 is 5.60 Å². The number of aromatic nitrogens is 3. The van der Waals surface area contributed by atoms with E-state index in [1.165, 1.54) is 6.33 Å². The predicted molar refractivity (Wildman–Crippen MR) is 59.3 cm³/mol. The van der Waals surface area contributed by atoms with Gasteiger partial charge in [-0.05, 0) is 11.8 Å². The molecule has 0 aromatic carbocycles. The second-order valence-electron chi connectivity index (χ2n) is 4.55. The third-order valence-corrected chi connectivity index (χ3v) is 3.35. The van der Waals surface area contributed by atoms with Crippen molar-refractivity contribution in [3.8, 4) is 0 Å². The Labute approximate surface area is 91.3 Å². The lowest BCUT2D eigenvalue weighted by Crippen LogP contribution is -2.45. The average Bonchev–Trinajstić information content (AvgIpc) is 2.68. The van der Waals surface area contributed by atoms with Gasteiger partial charge in [-0.2, -0.15) is 5.10 Å². The van der Waals surface area contributed by atoms with E-state index in [0.717, 1.165) is 6.42 Å². The van der Waals surface area contributed by atoms with Crippen molar-refractivity contribution in [3.05, 3.63) is 12.7 Å². The molecule has 1 N–H and O–H groups in total. The van der Waals surface area contributed by atoms with Gasteiger partial charge in [-0.1, -0.05) is 34.1 Å².